The van der Waals surface area contributed by atoms with Gasteiger partial charge < -0.3 is 4.57 Å². The third kappa shape index (κ3) is 3.16. The Kier molecular flexibility index (Phi) is 4.25. The van der Waals surface area contributed by atoms with Gasteiger partial charge in [0.05, 0.1) is 5.88 Å². The molecule has 0 aliphatic heterocycles. The van der Waals surface area contributed by atoms with Gasteiger partial charge in [0.25, 0.3) is 0 Å². The minimum absolute atomic E-state index is 0.393. The summed E-state index contributed by atoms with van der Waals surface area (Å²) in [6, 6.07) is 6.45. The molecule has 0 aliphatic rings. The average Bonchev–Trinajstić information content (AvgIpc) is 2.69. The highest BCUT2D eigenvalue weighted by Crippen LogP contribution is 2.23. The summed E-state index contributed by atoms with van der Waals surface area (Å²) in [5, 5.41) is 8.53. The van der Waals surface area contributed by atoms with Crippen molar-refractivity contribution >= 4 is 11.6 Å². The molecular weight excluding hydrogens is 258 g/mol. The van der Waals surface area contributed by atoms with E-state index in [9.17, 15) is 0 Å². The van der Waals surface area contributed by atoms with Crippen molar-refractivity contribution in [2.75, 3.05) is 0 Å². The number of aromatic nitrogens is 3. The predicted molar refractivity (Wildman–Crippen MR) is 79.3 cm³/mol. The van der Waals surface area contributed by atoms with Crippen LogP contribution in [0.4, 0.5) is 0 Å². The summed E-state index contributed by atoms with van der Waals surface area (Å²) >= 11 is 5.96. The maximum atomic E-state index is 5.96. The lowest BCUT2D eigenvalue weighted by atomic mass is 10.1. The van der Waals surface area contributed by atoms with Crippen molar-refractivity contribution in [3.05, 3.63) is 35.2 Å². The van der Waals surface area contributed by atoms with E-state index >= 15 is 0 Å². The van der Waals surface area contributed by atoms with Crippen molar-refractivity contribution in [3.63, 3.8) is 0 Å². The number of halogens is 1. The van der Waals surface area contributed by atoms with Crippen LogP contribution in [0.2, 0.25) is 0 Å². The van der Waals surface area contributed by atoms with Gasteiger partial charge in [-0.3, -0.25) is 0 Å². The number of benzene rings is 1. The molecule has 0 atom stereocenters. The van der Waals surface area contributed by atoms with Gasteiger partial charge in [-0.05, 0) is 31.9 Å². The normalized spacial score (nSPS) is 11.3. The van der Waals surface area contributed by atoms with Gasteiger partial charge in [-0.2, -0.15) is 0 Å². The molecule has 1 aromatic heterocycles. The van der Waals surface area contributed by atoms with Crippen LogP contribution in [-0.2, 0) is 12.4 Å². The average molecular weight is 278 g/mol. The molecular formula is C15H20ClN3. The topological polar surface area (TPSA) is 30.7 Å². The Morgan fingerprint density at radius 1 is 1.11 bits per heavy atom. The third-order valence-corrected chi connectivity index (χ3v) is 3.21. The molecule has 0 bridgehead atoms. The van der Waals surface area contributed by atoms with E-state index in [4.69, 9.17) is 11.6 Å². The molecule has 1 aromatic carbocycles. The molecule has 0 saturated carbocycles. The van der Waals surface area contributed by atoms with E-state index in [2.05, 4.69) is 60.7 Å². The van der Waals surface area contributed by atoms with E-state index in [1.165, 1.54) is 11.1 Å². The summed E-state index contributed by atoms with van der Waals surface area (Å²) < 4.78 is 2.13. The van der Waals surface area contributed by atoms with Gasteiger partial charge in [-0.25, -0.2) is 0 Å². The lowest BCUT2D eigenvalue weighted by molar-refractivity contribution is 0.515. The summed E-state index contributed by atoms with van der Waals surface area (Å²) in [5.74, 6) is 2.67. The summed E-state index contributed by atoms with van der Waals surface area (Å²) in [7, 11) is 0. The number of hydrogen-bond donors (Lipinski definition) is 0. The molecule has 0 radical (unpaired) electrons. The first-order chi connectivity index (χ1) is 9.01. The Bertz CT molecular complexity index is 553. The van der Waals surface area contributed by atoms with E-state index in [1.807, 2.05) is 0 Å². The first-order valence-electron chi connectivity index (χ1n) is 6.58. The highest BCUT2D eigenvalue weighted by molar-refractivity contribution is 6.16. The molecule has 19 heavy (non-hydrogen) atoms. The van der Waals surface area contributed by atoms with E-state index < -0.39 is 0 Å². The fourth-order valence-corrected chi connectivity index (χ4v) is 2.51. The monoisotopic (exact) mass is 277 g/mol. The van der Waals surface area contributed by atoms with Crippen LogP contribution < -0.4 is 0 Å². The maximum Gasteiger partial charge on any atom is 0.164 e. The Hall–Kier alpha value is -1.35. The van der Waals surface area contributed by atoms with Crippen LogP contribution in [0.3, 0.4) is 0 Å². The lowest BCUT2D eigenvalue weighted by Gasteiger charge is -2.12. The Labute approximate surface area is 119 Å². The van der Waals surface area contributed by atoms with Crippen molar-refractivity contribution in [2.45, 2.75) is 40.1 Å². The quantitative estimate of drug-likeness (QED) is 0.792. The van der Waals surface area contributed by atoms with Crippen LogP contribution in [0.1, 0.15) is 30.8 Å². The highest BCUT2D eigenvalue weighted by Gasteiger charge is 2.14. The maximum absolute atomic E-state index is 5.96. The Balaban J connectivity index is 2.51. The molecule has 0 aliphatic carbocycles. The molecule has 0 N–H and O–H groups in total. The van der Waals surface area contributed by atoms with Crippen molar-refractivity contribution in [1.82, 2.24) is 14.8 Å². The smallest absolute Gasteiger partial charge is 0.164 e. The second-order valence-corrected chi connectivity index (χ2v) is 5.72. The summed E-state index contributed by atoms with van der Waals surface area (Å²) in [6.45, 7) is 9.45. The Morgan fingerprint density at radius 3 is 2.26 bits per heavy atom. The highest BCUT2D eigenvalue weighted by atomic mass is 35.5. The van der Waals surface area contributed by atoms with Crippen LogP contribution >= 0.6 is 11.6 Å². The van der Waals surface area contributed by atoms with E-state index in [-0.39, 0.29) is 0 Å². The number of rotatable bonds is 4. The van der Waals surface area contributed by atoms with Gasteiger partial charge in [0.1, 0.15) is 5.82 Å². The molecule has 0 saturated heterocycles. The SMILES string of the molecule is Cc1cc(C)cc(-c2nnc(CCl)n2CC(C)C)c1. The zero-order valence-corrected chi connectivity index (χ0v) is 12.7. The zero-order valence-electron chi connectivity index (χ0n) is 11.9. The van der Waals surface area contributed by atoms with Crippen LogP contribution in [-0.4, -0.2) is 14.8 Å². The standard InChI is InChI=1S/C15H20ClN3/c1-10(2)9-19-14(8-16)17-18-15(19)13-6-11(3)5-12(4)7-13/h5-7,10H,8-9H2,1-4H3. The first kappa shape index (κ1) is 14.1. The molecule has 3 nitrogen and oxygen atoms in total. The molecule has 0 amide bonds. The van der Waals surface area contributed by atoms with Crippen LogP contribution in [0.25, 0.3) is 11.4 Å². The van der Waals surface area contributed by atoms with Gasteiger partial charge in [0.15, 0.2) is 5.82 Å². The molecule has 102 valence electrons. The number of nitrogens with zero attached hydrogens (tertiary/aromatic N) is 3. The summed E-state index contributed by atoms with van der Waals surface area (Å²) in [5.41, 5.74) is 3.59. The number of alkyl halides is 1. The van der Waals surface area contributed by atoms with Gasteiger partial charge >= 0.3 is 0 Å². The van der Waals surface area contributed by atoms with Gasteiger partial charge in [-0.15, -0.1) is 21.8 Å². The minimum Gasteiger partial charge on any atom is -0.310 e. The molecule has 0 spiro atoms. The van der Waals surface area contributed by atoms with E-state index in [0.717, 1.165) is 23.8 Å². The van der Waals surface area contributed by atoms with Crippen LogP contribution in [0.15, 0.2) is 18.2 Å². The molecule has 2 aromatic rings. The van der Waals surface area contributed by atoms with Gasteiger partial charge in [0.2, 0.25) is 0 Å². The molecule has 0 fully saturated rings. The molecule has 1 heterocycles. The predicted octanol–water partition coefficient (Wildman–Crippen LogP) is 3.96. The third-order valence-electron chi connectivity index (χ3n) is 2.97. The molecule has 2 rings (SSSR count). The first-order valence-corrected chi connectivity index (χ1v) is 7.11. The Morgan fingerprint density at radius 2 is 1.74 bits per heavy atom. The second-order valence-electron chi connectivity index (χ2n) is 5.45. The van der Waals surface area contributed by atoms with Gasteiger partial charge in [-0.1, -0.05) is 31.0 Å². The summed E-state index contributed by atoms with van der Waals surface area (Å²) in [4.78, 5) is 0. The molecule has 4 heteroatoms. The van der Waals surface area contributed by atoms with E-state index in [1.54, 1.807) is 0 Å². The number of hydrogen-bond acceptors (Lipinski definition) is 2. The van der Waals surface area contributed by atoms with E-state index in [0.29, 0.717) is 11.8 Å². The van der Waals surface area contributed by atoms with Gasteiger partial charge in [0, 0.05) is 12.1 Å². The lowest BCUT2D eigenvalue weighted by Crippen LogP contribution is -2.09. The second kappa shape index (κ2) is 5.74. The zero-order chi connectivity index (χ0) is 14.0. The van der Waals surface area contributed by atoms with Crippen LogP contribution in [0.5, 0.6) is 0 Å². The fourth-order valence-electron chi connectivity index (χ4n) is 2.31. The molecule has 0 unspecified atom stereocenters. The van der Waals surface area contributed by atoms with Crippen molar-refractivity contribution in [2.24, 2.45) is 5.92 Å². The summed E-state index contributed by atoms with van der Waals surface area (Å²) in [6.07, 6.45) is 0. The minimum atomic E-state index is 0.393. The van der Waals surface area contributed by atoms with Crippen molar-refractivity contribution < 1.29 is 0 Å². The van der Waals surface area contributed by atoms with Crippen molar-refractivity contribution in [3.8, 4) is 11.4 Å². The largest absolute Gasteiger partial charge is 0.310 e. The van der Waals surface area contributed by atoms with Crippen molar-refractivity contribution in [1.29, 1.82) is 0 Å². The number of aryl methyl sites for hydroxylation is 2. The fraction of sp³-hybridized carbons (Fsp3) is 0.467. The van der Waals surface area contributed by atoms with Crippen LogP contribution in [0, 0.1) is 19.8 Å².